The minimum Gasteiger partial charge on any atom is -0.478 e. The van der Waals surface area contributed by atoms with Gasteiger partial charge in [0.25, 0.3) is 0 Å². The first kappa shape index (κ1) is 23.5. The topological polar surface area (TPSA) is 108 Å². The van der Waals surface area contributed by atoms with Crippen LogP contribution in [0.15, 0.2) is 60.7 Å². The number of amides is 2. The first-order chi connectivity index (χ1) is 16.5. The Bertz CT molecular complexity index is 1030. The smallest absolute Gasteiger partial charge is 0.407 e. The second-order valence-corrected chi connectivity index (χ2v) is 8.56. The van der Waals surface area contributed by atoms with Crippen molar-refractivity contribution in [3.05, 3.63) is 71.8 Å². The molecule has 4 rings (SSSR count). The average molecular weight is 464 g/mol. The van der Waals surface area contributed by atoms with Crippen molar-refractivity contribution >= 4 is 18.0 Å². The van der Waals surface area contributed by atoms with Gasteiger partial charge in [-0.15, -0.1) is 0 Å². The van der Waals surface area contributed by atoms with Crippen LogP contribution < -0.4 is 10.6 Å². The van der Waals surface area contributed by atoms with Gasteiger partial charge in [-0.25, -0.2) is 9.59 Å². The lowest BCUT2D eigenvalue weighted by molar-refractivity contribution is -0.131. The largest absolute Gasteiger partial charge is 0.478 e. The number of carboxylic acid groups (broad SMARTS) is 1. The van der Waals surface area contributed by atoms with Crippen molar-refractivity contribution in [3.63, 3.8) is 0 Å². The SMILES string of the molecule is O=C(O)/C=C/CNC(=O)CN1CCC(NC(=O)OCC2c3ccccc3-c3ccccc32)CC1. The number of hydrogen-bond acceptors (Lipinski definition) is 5. The van der Waals surface area contributed by atoms with Crippen LogP contribution in [0.3, 0.4) is 0 Å². The number of likely N-dealkylation sites (tertiary alicyclic amines) is 1. The maximum absolute atomic E-state index is 12.5. The van der Waals surface area contributed by atoms with Crippen molar-refractivity contribution in [3.8, 4) is 11.1 Å². The molecule has 8 heteroatoms. The highest BCUT2D eigenvalue weighted by molar-refractivity contribution is 5.81. The highest BCUT2D eigenvalue weighted by atomic mass is 16.5. The number of alkyl carbamates (subject to hydrolysis) is 1. The Kier molecular flexibility index (Phi) is 7.59. The van der Waals surface area contributed by atoms with Gasteiger partial charge in [0, 0.05) is 37.7 Å². The highest BCUT2D eigenvalue weighted by Crippen LogP contribution is 2.44. The molecule has 0 spiro atoms. The summed E-state index contributed by atoms with van der Waals surface area (Å²) in [7, 11) is 0. The molecule has 1 aliphatic heterocycles. The Morgan fingerprint density at radius 1 is 1.00 bits per heavy atom. The first-order valence-corrected chi connectivity index (χ1v) is 11.5. The number of hydrogen-bond donors (Lipinski definition) is 3. The van der Waals surface area contributed by atoms with Gasteiger partial charge in [-0.3, -0.25) is 9.69 Å². The fourth-order valence-corrected chi connectivity index (χ4v) is 4.63. The number of piperidine rings is 1. The molecule has 0 bridgehead atoms. The molecule has 34 heavy (non-hydrogen) atoms. The summed E-state index contributed by atoms with van der Waals surface area (Å²) in [6.45, 7) is 2.10. The van der Waals surface area contributed by atoms with E-state index in [-0.39, 0.29) is 37.6 Å². The van der Waals surface area contributed by atoms with Gasteiger partial charge in [-0.05, 0) is 35.1 Å². The number of ether oxygens (including phenoxy) is 1. The molecule has 2 aromatic rings. The zero-order valence-electron chi connectivity index (χ0n) is 18.9. The van der Waals surface area contributed by atoms with Crippen LogP contribution in [0.5, 0.6) is 0 Å². The number of rotatable bonds is 8. The molecule has 0 unspecified atom stereocenters. The summed E-state index contributed by atoms with van der Waals surface area (Å²) in [5, 5.41) is 14.2. The van der Waals surface area contributed by atoms with Crippen LogP contribution in [0.4, 0.5) is 4.79 Å². The summed E-state index contributed by atoms with van der Waals surface area (Å²) in [5.74, 6) is -1.16. The standard InChI is InChI=1S/C26H29N3O5/c30-24(27-13-5-10-25(31)32)16-29-14-11-18(12-15-29)28-26(33)34-17-23-21-8-3-1-6-19(21)20-7-2-4-9-22(20)23/h1-10,18,23H,11-17H2,(H,27,30)(H,28,33)(H,31,32)/b10-5+. The molecule has 2 amide bonds. The number of fused-ring (bicyclic) bond motifs is 3. The molecule has 0 saturated carbocycles. The summed E-state index contributed by atoms with van der Waals surface area (Å²) in [6.07, 6.45) is 3.45. The molecule has 1 aliphatic carbocycles. The average Bonchev–Trinajstić information content (AvgIpc) is 3.15. The minimum atomic E-state index is -1.04. The van der Waals surface area contributed by atoms with Gasteiger partial charge in [0.15, 0.2) is 0 Å². The van der Waals surface area contributed by atoms with Gasteiger partial charge in [-0.1, -0.05) is 54.6 Å². The fourth-order valence-electron chi connectivity index (χ4n) is 4.63. The molecule has 0 aromatic heterocycles. The summed E-state index contributed by atoms with van der Waals surface area (Å²) in [5.41, 5.74) is 4.76. The summed E-state index contributed by atoms with van der Waals surface area (Å²) in [6, 6.07) is 16.5. The van der Waals surface area contributed by atoms with E-state index in [1.807, 2.05) is 29.2 Å². The molecule has 2 aromatic carbocycles. The van der Waals surface area contributed by atoms with E-state index in [0.717, 1.165) is 18.9 Å². The van der Waals surface area contributed by atoms with Gasteiger partial charge in [0.2, 0.25) is 5.91 Å². The van der Waals surface area contributed by atoms with E-state index in [9.17, 15) is 14.4 Å². The van der Waals surface area contributed by atoms with Gasteiger partial charge in [0.05, 0.1) is 6.54 Å². The quantitative estimate of drug-likeness (QED) is 0.520. The summed E-state index contributed by atoms with van der Waals surface area (Å²) >= 11 is 0. The van der Waals surface area contributed by atoms with E-state index in [1.54, 1.807) is 0 Å². The maximum atomic E-state index is 12.5. The lowest BCUT2D eigenvalue weighted by Crippen LogP contribution is -2.47. The van der Waals surface area contributed by atoms with E-state index in [4.69, 9.17) is 9.84 Å². The molecular formula is C26H29N3O5. The van der Waals surface area contributed by atoms with Crippen molar-refractivity contribution in [2.24, 2.45) is 0 Å². The molecule has 178 valence electrons. The number of carboxylic acids is 1. The summed E-state index contributed by atoms with van der Waals surface area (Å²) in [4.78, 5) is 36.9. The van der Waals surface area contributed by atoms with Crippen molar-refractivity contribution in [1.29, 1.82) is 0 Å². The molecule has 2 aliphatic rings. The van der Waals surface area contributed by atoms with E-state index in [1.165, 1.54) is 28.3 Å². The van der Waals surface area contributed by atoms with Crippen molar-refractivity contribution < 1.29 is 24.2 Å². The molecule has 1 heterocycles. The number of carbonyl (C=O) groups excluding carboxylic acids is 2. The van der Waals surface area contributed by atoms with E-state index in [0.29, 0.717) is 13.1 Å². The van der Waals surface area contributed by atoms with Crippen LogP contribution in [-0.4, -0.2) is 66.8 Å². The Balaban J connectivity index is 1.20. The normalized spacial score (nSPS) is 16.1. The van der Waals surface area contributed by atoms with Crippen LogP contribution >= 0.6 is 0 Å². The van der Waals surface area contributed by atoms with Crippen molar-refractivity contribution in [1.82, 2.24) is 15.5 Å². The van der Waals surface area contributed by atoms with Crippen LogP contribution in [0, 0.1) is 0 Å². The van der Waals surface area contributed by atoms with Gasteiger partial charge < -0.3 is 20.5 Å². The number of carbonyl (C=O) groups is 3. The summed E-state index contributed by atoms with van der Waals surface area (Å²) < 4.78 is 5.63. The highest BCUT2D eigenvalue weighted by Gasteiger charge is 2.29. The third kappa shape index (κ3) is 5.82. The zero-order valence-corrected chi connectivity index (χ0v) is 18.9. The monoisotopic (exact) mass is 463 g/mol. The van der Waals surface area contributed by atoms with Crippen LogP contribution in [-0.2, 0) is 14.3 Å². The predicted octanol–water partition coefficient (Wildman–Crippen LogP) is 2.75. The predicted molar refractivity (Wildman–Crippen MR) is 127 cm³/mol. The molecule has 0 atom stereocenters. The molecule has 1 fully saturated rings. The third-order valence-electron chi connectivity index (χ3n) is 6.30. The third-order valence-corrected chi connectivity index (χ3v) is 6.30. The van der Waals surface area contributed by atoms with E-state index >= 15 is 0 Å². The second-order valence-electron chi connectivity index (χ2n) is 8.56. The minimum absolute atomic E-state index is 0.00783. The van der Waals surface area contributed by atoms with Crippen LogP contribution in [0.2, 0.25) is 0 Å². The van der Waals surface area contributed by atoms with Crippen molar-refractivity contribution in [2.75, 3.05) is 32.8 Å². The number of nitrogens with zero attached hydrogens (tertiary/aromatic N) is 1. The number of benzene rings is 2. The van der Waals surface area contributed by atoms with Crippen LogP contribution in [0.25, 0.3) is 11.1 Å². The lowest BCUT2D eigenvalue weighted by Gasteiger charge is -2.31. The molecule has 0 radical (unpaired) electrons. The number of nitrogens with one attached hydrogen (secondary N) is 2. The maximum Gasteiger partial charge on any atom is 0.407 e. The molecule has 1 saturated heterocycles. The Hall–Kier alpha value is -3.65. The van der Waals surface area contributed by atoms with Gasteiger partial charge in [-0.2, -0.15) is 0 Å². The van der Waals surface area contributed by atoms with E-state index in [2.05, 4.69) is 34.9 Å². The Morgan fingerprint density at radius 2 is 1.62 bits per heavy atom. The van der Waals surface area contributed by atoms with Crippen LogP contribution in [0.1, 0.15) is 29.9 Å². The zero-order chi connectivity index (χ0) is 23.9. The molecule has 8 nitrogen and oxygen atoms in total. The Labute approximate surface area is 198 Å². The van der Waals surface area contributed by atoms with Gasteiger partial charge in [0.1, 0.15) is 6.61 Å². The molecule has 3 N–H and O–H groups in total. The lowest BCUT2D eigenvalue weighted by atomic mass is 9.98. The second kappa shape index (κ2) is 11.0. The number of aliphatic carboxylic acids is 1. The molecular weight excluding hydrogens is 434 g/mol. The van der Waals surface area contributed by atoms with E-state index < -0.39 is 12.1 Å². The van der Waals surface area contributed by atoms with Gasteiger partial charge >= 0.3 is 12.1 Å². The first-order valence-electron chi connectivity index (χ1n) is 11.5. The fraction of sp³-hybridized carbons (Fsp3) is 0.346. The van der Waals surface area contributed by atoms with Crippen molar-refractivity contribution in [2.45, 2.75) is 24.8 Å². The Morgan fingerprint density at radius 3 is 2.24 bits per heavy atom.